The van der Waals surface area contributed by atoms with Crippen LogP contribution in [0.5, 0.6) is 0 Å². The number of hydrogen-bond acceptors (Lipinski definition) is 4. The standard InChI is InChI=1S/C14H21N5O/c1-3-19-13(12-6-4-7-15-12)16-17-14(19)18-8-5-9-20-11(2)10-18/h4,6-7,11,15H,3,5,8-10H2,1-2H3/t11-/m1/s1. The Morgan fingerprint density at radius 1 is 1.45 bits per heavy atom. The van der Waals surface area contributed by atoms with E-state index in [4.69, 9.17) is 4.74 Å². The van der Waals surface area contributed by atoms with Gasteiger partial charge in [0.1, 0.15) is 0 Å². The van der Waals surface area contributed by atoms with Crippen molar-refractivity contribution in [1.82, 2.24) is 19.7 Å². The second-order valence-corrected chi connectivity index (χ2v) is 5.13. The minimum Gasteiger partial charge on any atom is -0.377 e. The van der Waals surface area contributed by atoms with Gasteiger partial charge in [-0.15, -0.1) is 10.2 Å². The first kappa shape index (κ1) is 13.2. The third kappa shape index (κ3) is 2.43. The van der Waals surface area contributed by atoms with E-state index < -0.39 is 0 Å². The molecule has 1 aliphatic heterocycles. The van der Waals surface area contributed by atoms with Gasteiger partial charge in [0.25, 0.3) is 0 Å². The van der Waals surface area contributed by atoms with Crippen LogP contribution in [-0.4, -0.2) is 45.5 Å². The molecule has 0 amide bonds. The summed E-state index contributed by atoms with van der Waals surface area (Å²) >= 11 is 0. The summed E-state index contributed by atoms with van der Waals surface area (Å²) in [4.78, 5) is 5.48. The van der Waals surface area contributed by atoms with E-state index in [1.165, 1.54) is 0 Å². The summed E-state index contributed by atoms with van der Waals surface area (Å²) in [5.41, 5.74) is 1.00. The Kier molecular flexibility index (Phi) is 3.73. The Morgan fingerprint density at radius 2 is 2.35 bits per heavy atom. The highest BCUT2D eigenvalue weighted by atomic mass is 16.5. The molecule has 1 N–H and O–H groups in total. The number of ether oxygens (including phenoxy) is 1. The molecule has 3 rings (SSSR count). The van der Waals surface area contributed by atoms with Crippen molar-refractivity contribution in [3.63, 3.8) is 0 Å². The van der Waals surface area contributed by atoms with E-state index >= 15 is 0 Å². The molecule has 3 heterocycles. The molecule has 1 saturated heterocycles. The number of aromatic nitrogens is 4. The second-order valence-electron chi connectivity index (χ2n) is 5.13. The summed E-state index contributed by atoms with van der Waals surface area (Å²) in [6.07, 6.45) is 3.16. The molecular weight excluding hydrogens is 254 g/mol. The Hall–Kier alpha value is -1.82. The van der Waals surface area contributed by atoms with E-state index in [1.807, 2.05) is 18.3 Å². The average molecular weight is 275 g/mol. The minimum absolute atomic E-state index is 0.230. The summed E-state index contributed by atoms with van der Waals surface area (Å²) < 4.78 is 7.86. The zero-order valence-corrected chi connectivity index (χ0v) is 12.0. The SMILES string of the molecule is CCn1c(-c2ccc[nH]2)nnc1N1CCCO[C@H](C)C1. The summed E-state index contributed by atoms with van der Waals surface area (Å²) in [6.45, 7) is 7.73. The van der Waals surface area contributed by atoms with Crippen molar-refractivity contribution in [2.45, 2.75) is 32.9 Å². The van der Waals surface area contributed by atoms with Crippen molar-refractivity contribution in [3.8, 4) is 11.5 Å². The quantitative estimate of drug-likeness (QED) is 0.929. The Bertz CT molecular complexity index is 548. The van der Waals surface area contributed by atoms with Crippen molar-refractivity contribution in [1.29, 1.82) is 0 Å². The number of nitrogens with one attached hydrogen (secondary N) is 1. The Labute approximate surface area is 118 Å². The summed E-state index contributed by atoms with van der Waals surface area (Å²) in [7, 11) is 0. The van der Waals surface area contributed by atoms with E-state index in [0.29, 0.717) is 0 Å². The van der Waals surface area contributed by atoms with E-state index in [9.17, 15) is 0 Å². The van der Waals surface area contributed by atoms with Gasteiger partial charge in [-0.25, -0.2) is 0 Å². The highest BCUT2D eigenvalue weighted by molar-refractivity contribution is 5.53. The molecule has 1 atom stereocenters. The van der Waals surface area contributed by atoms with Gasteiger partial charge in [-0.05, 0) is 32.4 Å². The fraction of sp³-hybridized carbons (Fsp3) is 0.571. The van der Waals surface area contributed by atoms with Gasteiger partial charge < -0.3 is 14.6 Å². The highest BCUT2D eigenvalue weighted by Gasteiger charge is 2.22. The van der Waals surface area contributed by atoms with Gasteiger partial charge in [0.2, 0.25) is 5.95 Å². The number of nitrogens with zero attached hydrogens (tertiary/aromatic N) is 4. The molecule has 0 unspecified atom stereocenters. The van der Waals surface area contributed by atoms with Gasteiger partial charge >= 0.3 is 0 Å². The summed E-state index contributed by atoms with van der Waals surface area (Å²) in [5, 5.41) is 8.77. The van der Waals surface area contributed by atoms with Crippen molar-refractivity contribution in [2.24, 2.45) is 0 Å². The maximum absolute atomic E-state index is 5.70. The molecule has 1 fully saturated rings. The van der Waals surface area contributed by atoms with Crippen LogP contribution in [0.2, 0.25) is 0 Å². The Balaban J connectivity index is 1.93. The van der Waals surface area contributed by atoms with E-state index in [0.717, 1.165) is 50.1 Å². The highest BCUT2D eigenvalue weighted by Crippen LogP contribution is 2.22. The van der Waals surface area contributed by atoms with Crippen LogP contribution in [0.1, 0.15) is 20.3 Å². The fourth-order valence-electron chi connectivity index (χ4n) is 2.66. The molecule has 0 radical (unpaired) electrons. The van der Waals surface area contributed by atoms with Crippen LogP contribution in [0.25, 0.3) is 11.5 Å². The number of H-pyrrole nitrogens is 1. The fourth-order valence-corrected chi connectivity index (χ4v) is 2.66. The molecule has 2 aromatic heterocycles. The molecule has 0 aliphatic carbocycles. The van der Waals surface area contributed by atoms with Crippen LogP contribution in [0.15, 0.2) is 18.3 Å². The topological polar surface area (TPSA) is 59.0 Å². The van der Waals surface area contributed by atoms with Crippen molar-refractivity contribution in [3.05, 3.63) is 18.3 Å². The van der Waals surface area contributed by atoms with Gasteiger partial charge in [0, 0.05) is 32.4 Å². The van der Waals surface area contributed by atoms with Gasteiger partial charge in [-0.3, -0.25) is 4.57 Å². The normalized spacial score (nSPS) is 20.1. The number of anilines is 1. The third-order valence-electron chi connectivity index (χ3n) is 3.62. The first-order chi connectivity index (χ1) is 9.79. The minimum atomic E-state index is 0.230. The number of rotatable bonds is 3. The average Bonchev–Trinajstić information content (AvgIpc) is 3.05. The molecule has 0 saturated carbocycles. The maximum atomic E-state index is 5.70. The van der Waals surface area contributed by atoms with Gasteiger partial charge in [0.15, 0.2) is 5.82 Å². The zero-order chi connectivity index (χ0) is 13.9. The second kappa shape index (κ2) is 5.66. The lowest BCUT2D eigenvalue weighted by atomic mass is 10.3. The van der Waals surface area contributed by atoms with Crippen molar-refractivity contribution in [2.75, 3.05) is 24.6 Å². The lowest BCUT2D eigenvalue weighted by molar-refractivity contribution is 0.0819. The smallest absolute Gasteiger partial charge is 0.227 e. The lowest BCUT2D eigenvalue weighted by Gasteiger charge is -2.23. The molecule has 6 nitrogen and oxygen atoms in total. The van der Waals surface area contributed by atoms with Crippen LogP contribution in [-0.2, 0) is 11.3 Å². The predicted molar refractivity (Wildman–Crippen MR) is 77.7 cm³/mol. The van der Waals surface area contributed by atoms with E-state index in [1.54, 1.807) is 0 Å². The predicted octanol–water partition coefficient (Wildman–Crippen LogP) is 1.91. The van der Waals surface area contributed by atoms with Crippen LogP contribution in [0.4, 0.5) is 5.95 Å². The molecular formula is C14H21N5O. The van der Waals surface area contributed by atoms with Crippen molar-refractivity contribution < 1.29 is 4.74 Å². The molecule has 0 spiro atoms. The van der Waals surface area contributed by atoms with Crippen LogP contribution in [0, 0.1) is 0 Å². The summed E-state index contributed by atoms with van der Waals surface area (Å²) in [5.74, 6) is 1.83. The molecule has 0 bridgehead atoms. The summed E-state index contributed by atoms with van der Waals surface area (Å²) in [6, 6.07) is 4.00. The first-order valence-corrected chi connectivity index (χ1v) is 7.23. The van der Waals surface area contributed by atoms with Gasteiger partial charge in [0.05, 0.1) is 11.8 Å². The first-order valence-electron chi connectivity index (χ1n) is 7.23. The van der Waals surface area contributed by atoms with Crippen LogP contribution < -0.4 is 4.90 Å². The van der Waals surface area contributed by atoms with Crippen molar-refractivity contribution >= 4 is 5.95 Å². The molecule has 2 aromatic rings. The Morgan fingerprint density at radius 3 is 3.10 bits per heavy atom. The van der Waals surface area contributed by atoms with E-state index in [2.05, 4.69) is 38.5 Å². The third-order valence-corrected chi connectivity index (χ3v) is 3.62. The monoisotopic (exact) mass is 275 g/mol. The maximum Gasteiger partial charge on any atom is 0.227 e. The van der Waals surface area contributed by atoms with E-state index in [-0.39, 0.29) is 6.10 Å². The molecule has 1 aliphatic rings. The molecule has 108 valence electrons. The molecule has 0 aromatic carbocycles. The van der Waals surface area contributed by atoms with Gasteiger partial charge in [-0.1, -0.05) is 0 Å². The lowest BCUT2D eigenvalue weighted by Crippen LogP contribution is -2.32. The number of aromatic amines is 1. The number of hydrogen-bond donors (Lipinski definition) is 1. The molecule has 6 heteroatoms. The van der Waals surface area contributed by atoms with Crippen LogP contribution in [0.3, 0.4) is 0 Å². The molecule has 20 heavy (non-hydrogen) atoms. The zero-order valence-electron chi connectivity index (χ0n) is 12.0. The van der Waals surface area contributed by atoms with Crippen LogP contribution >= 0.6 is 0 Å². The van der Waals surface area contributed by atoms with Gasteiger partial charge in [-0.2, -0.15) is 0 Å². The largest absolute Gasteiger partial charge is 0.377 e.